The Morgan fingerprint density at radius 3 is 2.77 bits per heavy atom. The van der Waals surface area contributed by atoms with E-state index >= 15 is 0 Å². The Kier molecular flexibility index (Phi) is 6.69. The second-order valence-electron chi connectivity index (χ2n) is 7.60. The molecule has 0 aliphatic carbocycles. The Morgan fingerprint density at radius 1 is 1.10 bits per heavy atom. The normalized spacial score (nSPS) is 20.6. The molecule has 160 valence electrons. The highest BCUT2D eigenvalue weighted by atomic mass is 19.1. The number of benzene rings is 2. The molecule has 2 aliphatic heterocycles. The van der Waals surface area contributed by atoms with Crippen molar-refractivity contribution in [3.63, 3.8) is 0 Å². The first-order valence-electron chi connectivity index (χ1n) is 10.3. The van der Waals surface area contributed by atoms with Crippen LogP contribution in [0, 0.1) is 11.7 Å². The molecule has 0 radical (unpaired) electrons. The van der Waals surface area contributed by atoms with E-state index < -0.39 is 0 Å². The Balaban J connectivity index is 1.19. The number of halogens is 1. The molecule has 2 aromatic carbocycles. The van der Waals surface area contributed by atoms with Crippen LogP contribution in [-0.2, 0) is 9.53 Å². The Morgan fingerprint density at radius 2 is 1.90 bits per heavy atom. The van der Waals surface area contributed by atoms with E-state index in [1.807, 2.05) is 24.3 Å². The molecule has 0 saturated carbocycles. The first-order valence-corrected chi connectivity index (χ1v) is 10.3. The summed E-state index contributed by atoms with van der Waals surface area (Å²) in [5, 5.41) is 0. The molecule has 2 aliphatic rings. The number of amides is 1. The lowest BCUT2D eigenvalue weighted by molar-refractivity contribution is -0.139. The average molecular weight is 415 g/mol. The van der Waals surface area contributed by atoms with E-state index in [0.717, 1.165) is 18.6 Å². The maximum atomic E-state index is 13.7. The summed E-state index contributed by atoms with van der Waals surface area (Å²) in [7, 11) is 0. The van der Waals surface area contributed by atoms with Crippen LogP contribution < -0.4 is 14.2 Å². The standard InChI is InChI=1S/C23H26FNO5/c24-19-7-1-2-8-20(19)28-13-17-6-5-11-25(12-17)23(26)16-27-14-18-15-29-21-9-3-4-10-22(21)30-18/h1-4,7-10,17-18H,5-6,11-16H2/t17-,18-/m0/s1. The van der Waals surface area contributed by atoms with Gasteiger partial charge in [0.05, 0.1) is 13.2 Å². The summed E-state index contributed by atoms with van der Waals surface area (Å²) in [6, 6.07) is 13.9. The molecule has 2 atom stereocenters. The number of nitrogens with zero attached hydrogens (tertiary/aromatic N) is 1. The van der Waals surface area contributed by atoms with Crippen molar-refractivity contribution in [3.8, 4) is 17.2 Å². The van der Waals surface area contributed by atoms with Gasteiger partial charge in [-0.1, -0.05) is 24.3 Å². The number of fused-ring (bicyclic) bond motifs is 1. The van der Waals surface area contributed by atoms with Gasteiger partial charge in [-0.15, -0.1) is 0 Å². The number of para-hydroxylation sites is 3. The molecule has 6 nitrogen and oxygen atoms in total. The molecule has 1 saturated heterocycles. The van der Waals surface area contributed by atoms with Gasteiger partial charge < -0.3 is 23.8 Å². The van der Waals surface area contributed by atoms with Gasteiger partial charge in [-0.25, -0.2) is 4.39 Å². The molecule has 0 spiro atoms. The molecule has 0 unspecified atom stereocenters. The maximum Gasteiger partial charge on any atom is 0.248 e. The summed E-state index contributed by atoms with van der Waals surface area (Å²) in [4.78, 5) is 14.3. The van der Waals surface area contributed by atoms with E-state index in [-0.39, 0.29) is 42.7 Å². The third-order valence-electron chi connectivity index (χ3n) is 5.28. The van der Waals surface area contributed by atoms with Gasteiger partial charge in [-0.2, -0.15) is 0 Å². The second-order valence-corrected chi connectivity index (χ2v) is 7.60. The number of rotatable bonds is 7. The minimum Gasteiger partial charge on any atom is -0.490 e. The topological polar surface area (TPSA) is 57.2 Å². The fraction of sp³-hybridized carbons (Fsp3) is 0.435. The van der Waals surface area contributed by atoms with Crippen molar-refractivity contribution in [3.05, 3.63) is 54.3 Å². The third kappa shape index (κ3) is 5.21. The van der Waals surface area contributed by atoms with Crippen molar-refractivity contribution in [1.29, 1.82) is 0 Å². The van der Waals surface area contributed by atoms with Crippen molar-refractivity contribution in [2.75, 3.05) is 39.5 Å². The van der Waals surface area contributed by atoms with Crippen LogP contribution in [0.4, 0.5) is 4.39 Å². The number of carbonyl (C=O) groups is 1. The van der Waals surface area contributed by atoms with E-state index in [1.165, 1.54) is 6.07 Å². The molecule has 1 amide bonds. The van der Waals surface area contributed by atoms with Crippen molar-refractivity contribution in [2.45, 2.75) is 18.9 Å². The van der Waals surface area contributed by atoms with Crippen LogP contribution in [0.15, 0.2) is 48.5 Å². The van der Waals surface area contributed by atoms with Gasteiger partial charge in [0.25, 0.3) is 0 Å². The molecule has 7 heteroatoms. The highest BCUT2D eigenvalue weighted by Gasteiger charge is 2.25. The van der Waals surface area contributed by atoms with Gasteiger partial charge in [-0.3, -0.25) is 4.79 Å². The fourth-order valence-electron chi connectivity index (χ4n) is 3.71. The molecule has 1 fully saturated rings. The van der Waals surface area contributed by atoms with Crippen LogP contribution >= 0.6 is 0 Å². The van der Waals surface area contributed by atoms with Crippen molar-refractivity contribution in [1.82, 2.24) is 4.90 Å². The van der Waals surface area contributed by atoms with Gasteiger partial charge in [-0.05, 0) is 37.1 Å². The lowest BCUT2D eigenvalue weighted by Gasteiger charge is -2.33. The minimum atomic E-state index is -0.369. The van der Waals surface area contributed by atoms with Gasteiger partial charge in [0.2, 0.25) is 5.91 Å². The zero-order valence-electron chi connectivity index (χ0n) is 16.8. The van der Waals surface area contributed by atoms with Crippen LogP contribution in [0.3, 0.4) is 0 Å². The number of piperidine rings is 1. The summed E-state index contributed by atoms with van der Waals surface area (Å²) < 4.78 is 36.4. The van der Waals surface area contributed by atoms with E-state index in [0.29, 0.717) is 32.1 Å². The molecule has 0 aromatic heterocycles. The minimum absolute atomic E-state index is 0.00238. The molecule has 0 bridgehead atoms. The maximum absolute atomic E-state index is 13.7. The predicted molar refractivity (Wildman–Crippen MR) is 108 cm³/mol. The molecule has 30 heavy (non-hydrogen) atoms. The SMILES string of the molecule is O=C(COC[C@H]1COc2ccccc2O1)N1CCC[C@H](COc2ccccc2F)C1. The summed E-state index contributed by atoms with van der Waals surface area (Å²) in [5.74, 6) is 1.42. The van der Waals surface area contributed by atoms with E-state index in [2.05, 4.69) is 0 Å². The number of ether oxygens (including phenoxy) is 4. The van der Waals surface area contributed by atoms with Crippen molar-refractivity contribution in [2.24, 2.45) is 5.92 Å². The second kappa shape index (κ2) is 9.80. The predicted octanol–water partition coefficient (Wildman–Crippen LogP) is 3.30. The van der Waals surface area contributed by atoms with E-state index in [1.54, 1.807) is 23.1 Å². The highest BCUT2D eigenvalue weighted by molar-refractivity contribution is 5.77. The van der Waals surface area contributed by atoms with Crippen LogP contribution in [-0.4, -0.2) is 56.4 Å². The van der Waals surface area contributed by atoms with Crippen molar-refractivity contribution >= 4 is 5.91 Å². The first kappa shape index (κ1) is 20.5. The summed E-state index contributed by atoms with van der Waals surface area (Å²) in [6.45, 7) is 2.36. The van der Waals surface area contributed by atoms with Gasteiger partial charge in [0.1, 0.15) is 13.2 Å². The quantitative estimate of drug-likeness (QED) is 0.695. The summed E-state index contributed by atoms with van der Waals surface area (Å²) >= 11 is 0. The monoisotopic (exact) mass is 415 g/mol. The molecule has 2 heterocycles. The molecule has 2 aromatic rings. The number of hydrogen-bond donors (Lipinski definition) is 0. The fourth-order valence-corrected chi connectivity index (χ4v) is 3.71. The molecular formula is C23H26FNO5. The Bertz CT molecular complexity index is 861. The Hall–Kier alpha value is -2.80. The van der Waals surface area contributed by atoms with Crippen LogP contribution in [0.25, 0.3) is 0 Å². The van der Waals surface area contributed by atoms with Gasteiger partial charge in [0.15, 0.2) is 29.2 Å². The van der Waals surface area contributed by atoms with E-state index in [9.17, 15) is 9.18 Å². The number of carbonyl (C=O) groups excluding carboxylic acids is 1. The lowest BCUT2D eigenvalue weighted by Crippen LogP contribution is -2.43. The van der Waals surface area contributed by atoms with Crippen LogP contribution in [0.1, 0.15) is 12.8 Å². The summed E-state index contributed by atoms with van der Waals surface area (Å²) in [5.41, 5.74) is 0. The first-order chi connectivity index (χ1) is 14.7. The van der Waals surface area contributed by atoms with Crippen LogP contribution in [0.5, 0.6) is 17.2 Å². The number of hydrogen-bond acceptors (Lipinski definition) is 5. The largest absolute Gasteiger partial charge is 0.490 e. The molecule has 0 N–H and O–H groups in total. The zero-order valence-corrected chi connectivity index (χ0v) is 16.8. The molecule has 4 rings (SSSR count). The van der Waals surface area contributed by atoms with Crippen LogP contribution in [0.2, 0.25) is 0 Å². The van der Waals surface area contributed by atoms with Crippen molar-refractivity contribution < 1.29 is 28.1 Å². The smallest absolute Gasteiger partial charge is 0.248 e. The lowest BCUT2D eigenvalue weighted by atomic mass is 9.99. The van der Waals surface area contributed by atoms with Gasteiger partial charge >= 0.3 is 0 Å². The average Bonchev–Trinajstić information content (AvgIpc) is 2.78. The summed E-state index contributed by atoms with van der Waals surface area (Å²) in [6.07, 6.45) is 1.61. The molecular weight excluding hydrogens is 389 g/mol. The highest BCUT2D eigenvalue weighted by Crippen LogP contribution is 2.30. The number of likely N-dealkylation sites (tertiary alicyclic amines) is 1. The Labute approximate surface area is 175 Å². The zero-order chi connectivity index (χ0) is 20.8. The van der Waals surface area contributed by atoms with Gasteiger partial charge in [0, 0.05) is 19.0 Å². The van der Waals surface area contributed by atoms with E-state index in [4.69, 9.17) is 18.9 Å². The third-order valence-corrected chi connectivity index (χ3v) is 5.28.